The molecule has 0 heterocycles. The molecule has 0 aliphatic rings. The normalized spacial score (nSPS) is 13.8. The number of rotatable bonds is 7. The van der Waals surface area contributed by atoms with E-state index in [1.807, 2.05) is 6.08 Å². The van der Waals surface area contributed by atoms with Gasteiger partial charge in [-0.25, -0.2) is 0 Å². The zero-order valence-corrected chi connectivity index (χ0v) is 9.75. The number of carbonyl (C=O) groups is 1. The Labute approximate surface area is 87.3 Å². The quantitative estimate of drug-likeness (QED) is 0.588. The Morgan fingerprint density at radius 1 is 1.36 bits per heavy atom. The van der Waals surface area contributed by atoms with Crippen LogP contribution in [-0.4, -0.2) is 19.0 Å². The van der Waals surface area contributed by atoms with Crippen molar-refractivity contribution in [3.05, 3.63) is 12.2 Å². The van der Waals surface area contributed by atoms with Crippen molar-refractivity contribution < 1.29 is 9.53 Å². The molecule has 0 fully saturated rings. The molecule has 0 aromatic heterocycles. The van der Waals surface area contributed by atoms with Crippen molar-refractivity contribution in [3.8, 4) is 0 Å². The molecule has 0 rings (SSSR count). The number of allylic oxidation sites excluding steroid dienone is 1. The Morgan fingerprint density at radius 2 is 2.00 bits per heavy atom. The molecule has 0 spiro atoms. The van der Waals surface area contributed by atoms with Crippen molar-refractivity contribution in [3.63, 3.8) is 0 Å². The Morgan fingerprint density at radius 3 is 2.43 bits per heavy atom. The van der Waals surface area contributed by atoms with Crippen LogP contribution in [0.2, 0.25) is 0 Å². The van der Waals surface area contributed by atoms with E-state index in [-0.39, 0.29) is 11.9 Å². The van der Waals surface area contributed by atoms with Crippen molar-refractivity contribution in [2.75, 3.05) is 7.11 Å². The number of ether oxygens (including phenoxy) is 1. The van der Waals surface area contributed by atoms with Gasteiger partial charge >= 0.3 is 0 Å². The SMILES string of the molecule is COC(C=CC(C)=O)CCCC(C)C. The van der Waals surface area contributed by atoms with Gasteiger partial charge in [-0.2, -0.15) is 0 Å². The van der Waals surface area contributed by atoms with Crippen LogP contribution in [0.15, 0.2) is 12.2 Å². The van der Waals surface area contributed by atoms with Crippen molar-refractivity contribution >= 4 is 5.78 Å². The fourth-order valence-corrected chi connectivity index (χ4v) is 1.26. The molecule has 82 valence electrons. The summed E-state index contributed by atoms with van der Waals surface area (Å²) in [6, 6.07) is 0. The minimum absolute atomic E-state index is 0.0795. The summed E-state index contributed by atoms with van der Waals surface area (Å²) in [6.45, 7) is 5.98. The van der Waals surface area contributed by atoms with Crippen LogP contribution in [0.3, 0.4) is 0 Å². The molecule has 0 aliphatic carbocycles. The molecule has 0 N–H and O–H groups in total. The molecule has 0 aliphatic heterocycles. The van der Waals surface area contributed by atoms with E-state index < -0.39 is 0 Å². The highest BCUT2D eigenvalue weighted by atomic mass is 16.5. The van der Waals surface area contributed by atoms with Crippen molar-refractivity contribution in [2.45, 2.75) is 46.1 Å². The standard InChI is InChI=1S/C12H22O2/c1-10(2)6-5-7-12(14-4)9-8-11(3)13/h8-10,12H,5-7H2,1-4H3. The number of hydrogen-bond acceptors (Lipinski definition) is 2. The first-order chi connectivity index (χ1) is 6.56. The highest BCUT2D eigenvalue weighted by molar-refractivity contribution is 5.87. The van der Waals surface area contributed by atoms with E-state index in [0.717, 1.165) is 18.8 Å². The van der Waals surface area contributed by atoms with Crippen LogP contribution >= 0.6 is 0 Å². The third-order valence-electron chi connectivity index (χ3n) is 2.12. The van der Waals surface area contributed by atoms with Crippen LogP contribution in [0.5, 0.6) is 0 Å². The van der Waals surface area contributed by atoms with Crippen LogP contribution in [-0.2, 0) is 9.53 Å². The molecule has 14 heavy (non-hydrogen) atoms. The third-order valence-corrected chi connectivity index (χ3v) is 2.12. The van der Waals surface area contributed by atoms with Crippen LogP contribution in [0.4, 0.5) is 0 Å². The summed E-state index contributed by atoms with van der Waals surface area (Å²) in [5.74, 6) is 0.820. The van der Waals surface area contributed by atoms with Gasteiger partial charge in [0.15, 0.2) is 5.78 Å². The predicted molar refractivity (Wildman–Crippen MR) is 59.3 cm³/mol. The highest BCUT2D eigenvalue weighted by Gasteiger charge is 2.03. The molecule has 0 bridgehead atoms. The number of carbonyl (C=O) groups excluding carboxylic acids is 1. The van der Waals surface area contributed by atoms with Crippen LogP contribution < -0.4 is 0 Å². The van der Waals surface area contributed by atoms with Gasteiger partial charge in [0.25, 0.3) is 0 Å². The molecule has 0 radical (unpaired) electrons. The minimum Gasteiger partial charge on any atom is -0.377 e. The van der Waals surface area contributed by atoms with Crippen molar-refractivity contribution in [1.82, 2.24) is 0 Å². The predicted octanol–water partition coefficient (Wildman–Crippen LogP) is 2.97. The third kappa shape index (κ3) is 7.99. The zero-order valence-electron chi connectivity index (χ0n) is 9.75. The summed E-state index contributed by atoms with van der Waals surface area (Å²) in [5.41, 5.74) is 0. The minimum atomic E-state index is 0.0795. The maximum absolute atomic E-state index is 10.7. The summed E-state index contributed by atoms with van der Waals surface area (Å²) in [4.78, 5) is 10.7. The first kappa shape index (κ1) is 13.4. The van der Waals surface area contributed by atoms with Gasteiger partial charge in [0.05, 0.1) is 6.10 Å². The molecular weight excluding hydrogens is 176 g/mol. The lowest BCUT2D eigenvalue weighted by atomic mass is 10.0. The lowest BCUT2D eigenvalue weighted by Crippen LogP contribution is -2.07. The lowest BCUT2D eigenvalue weighted by Gasteiger charge is -2.11. The van der Waals surface area contributed by atoms with E-state index in [4.69, 9.17) is 4.74 Å². The maximum Gasteiger partial charge on any atom is 0.152 e. The summed E-state index contributed by atoms with van der Waals surface area (Å²) in [7, 11) is 1.69. The van der Waals surface area contributed by atoms with Crippen molar-refractivity contribution in [2.24, 2.45) is 5.92 Å². The topological polar surface area (TPSA) is 26.3 Å². The smallest absolute Gasteiger partial charge is 0.152 e. The van der Waals surface area contributed by atoms with Crippen molar-refractivity contribution in [1.29, 1.82) is 0 Å². The van der Waals surface area contributed by atoms with Gasteiger partial charge in [-0.05, 0) is 25.3 Å². The van der Waals surface area contributed by atoms with E-state index in [9.17, 15) is 4.79 Å². The van der Waals surface area contributed by atoms with Gasteiger partial charge in [0.2, 0.25) is 0 Å². The number of hydrogen-bond donors (Lipinski definition) is 0. The van der Waals surface area contributed by atoms with E-state index in [0.29, 0.717) is 0 Å². The van der Waals surface area contributed by atoms with Crippen LogP contribution in [0.1, 0.15) is 40.0 Å². The number of ketones is 1. The molecule has 0 saturated carbocycles. The van der Waals surface area contributed by atoms with Crippen LogP contribution in [0.25, 0.3) is 0 Å². The zero-order chi connectivity index (χ0) is 11.0. The molecule has 0 aromatic carbocycles. The molecule has 2 heteroatoms. The Kier molecular flexibility index (Phi) is 7.40. The van der Waals surface area contributed by atoms with Crippen LogP contribution in [0, 0.1) is 5.92 Å². The Bertz CT molecular complexity index is 183. The Hall–Kier alpha value is -0.630. The largest absolute Gasteiger partial charge is 0.377 e. The molecule has 0 aromatic rings. The average molecular weight is 198 g/mol. The summed E-state index contributed by atoms with van der Waals surface area (Å²) >= 11 is 0. The second kappa shape index (κ2) is 7.74. The fraction of sp³-hybridized carbons (Fsp3) is 0.750. The molecule has 0 amide bonds. The second-order valence-corrected chi connectivity index (χ2v) is 4.07. The molecule has 2 nitrogen and oxygen atoms in total. The van der Waals surface area contributed by atoms with Gasteiger partial charge in [-0.15, -0.1) is 0 Å². The van der Waals surface area contributed by atoms with Gasteiger partial charge in [0, 0.05) is 7.11 Å². The second-order valence-electron chi connectivity index (χ2n) is 4.07. The van der Waals surface area contributed by atoms with E-state index in [2.05, 4.69) is 13.8 Å². The van der Waals surface area contributed by atoms with Gasteiger partial charge in [0.1, 0.15) is 0 Å². The average Bonchev–Trinajstić information content (AvgIpc) is 2.10. The lowest BCUT2D eigenvalue weighted by molar-refractivity contribution is -0.112. The highest BCUT2D eigenvalue weighted by Crippen LogP contribution is 2.10. The van der Waals surface area contributed by atoms with E-state index >= 15 is 0 Å². The fourth-order valence-electron chi connectivity index (χ4n) is 1.26. The van der Waals surface area contributed by atoms with E-state index in [1.54, 1.807) is 20.1 Å². The molecular formula is C12H22O2. The summed E-state index contributed by atoms with van der Waals surface area (Å²) in [5, 5.41) is 0. The van der Waals surface area contributed by atoms with Gasteiger partial charge < -0.3 is 4.74 Å². The first-order valence-corrected chi connectivity index (χ1v) is 5.27. The molecule has 1 unspecified atom stereocenters. The molecule has 1 atom stereocenters. The number of methoxy groups -OCH3 is 1. The molecule has 0 saturated heterocycles. The summed E-state index contributed by atoms with van der Waals surface area (Å²) < 4.78 is 5.24. The summed E-state index contributed by atoms with van der Waals surface area (Å²) in [6.07, 6.45) is 6.90. The van der Waals surface area contributed by atoms with Gasteiger partial charge in [-0.3, -0.25) is 4.79 Å². The monoisotopic (exact) mass is 198 g/mol. The van der Waals surface area contributed by atoms with Gasteiger partial charge in [-0.1, -0.05) is 32.8 Å². The maximum atomic E-state index is 10.7. The first-order valence-electron chi connectivity index (χ1n) is 5.27. The Balaban J connectivity index is 3.74. The van der Waals surface area contributed by atoms with E-state index in [1.165, 1.54) is 6.42 Å².